The van der Waals surface area contributed by atoms with E-state index in [1.807, 2.05) is 67.0 Å². The van der Waals surface area contributed by atoms with Crippen LogP contribution in [-0.2, 0) is 7.05 Å². The minimum atomic E-state index is 0.0589. The quantitative estimate of drug-likeness (QED) is 0.274. The predicted octanol–water partition coefficient (Wildman–Crippen LogP) is 1.83. The maximum Gasteiger partial charge on any atom is 0.350 e. The van der Waals surface area contributed by atoms with Gasteiger partial charge in [-0.05, 0) is 23.7 Å². The van der Waals surface area contributed by atoms with E-state index in [4.69, 9.17) is 5.11 Å². The van der Waals surface area contributed by atoms with Crippen LogP contribution in [0.1, 0.15) is 13.3 Å². The van der Waals surface area contributed by atoms with E-state index in [0.29, 0.717) is 12.4 Å². The monoisotopic (exact) mass is 303 g/mol. The Kier molecular flexibility index (Phi) is 8.29. The first kappa shape index (κ1) is 17.6. The molecule has 0 amide bonds. The molecule has 1 rings (SSSR count). The maximum atomic E-state index is 8.98. The number of likely N-dealkylation sites (N-methyl/N-ethyl adjacent to an activating group) is 1. The summed E-state index contributed by atoms with van der Waals surface area (Å²) in [6.07, 6.45) is 7.93. The zero-order chi connectivity index (χ0) is 16.2. The third-order valence-corrected chi connectivity index (χ3v) is 2.78. The normalized spacial score (nSPS) is 12.8. The van der Waals surface area contributed by atoms with Crippen molar-refractivity contribution in [2.24, 2.45) is 27.5 Å². The molecule has 0 unspecified atom stereocenters. The average Bonchev–Trinajstić information content (AvgIpc) is 2.51. The Morgan fingerprint density at radius 3 is 2.91 bits per heavy atom. The third-order valence-electron chi connectivity index (χ3n) is 2.78. The minimum absolute atomic E-state index is 0.0589. The van der Waals surface area contributed by atoms with Gasteiger partial charge in [0, 0.05) is 19.7 Å². The van der Waals surface area contributed by atoms with Crippen molar-refractivity contribution >= 4 is 18.0 Å². The van der Waals surface area contributed by atoms with Crippen LogP contribution in [-0.4, -0.2) is 42.4 Å². The fraction of sp³-hybridized carbons (Fsp3) is 0.400. The van der Waals surface area contributed by atoms with Gasteiger partial charge >= 0.3 is 5.82 Å². The van der Waals surface area contributed by atoms with Crippen LogP contribution >= 0.6 is 0 Å². The number of aromatic nitrogens is 1. The van der Waals surface area contributed by atoms with Crippen LogP contribution in [0.5, 0.6) is 0 Å². The van der Waals surface area contributed by atoms with Crippen LogP contribution in [0, 0.1) is 0 Å². The summed E-state index contributed by atoms with van der Waals surface area (Å²) in [7, 11) is 3.73. The lowest BCUT2D eigenvalue weighted by Gasteiger charge is -2.16. The SMILES string of the molecule is CC\C=C/C(=N\N=C\N=Nc1cccc[n+]1C)N(C)CCO. The molecule has 0 spiro atoms. The Balaban J connectivity index is 2.72. The van der Waals surface area contributed by atoms with Crippen molar-refractivity contribution in [2.75, 3.05) is 20.2 Å². The second kappa shape index (κ2) is 10.3. The average molecular weight is 303 g/mol. The number of hydrogen-bond donors (Lipinski definition) is 1. The Hall–Kier alpha value is -2.41. The zero-order valence-corrected chi connectivity index (χ0v) is 13.3. The summed E-state index contributed by atoms with van der Waals surface area (Å²) in [6.45, 7) is 2.59. The second-order valence-electron chi connectivity index (χ2n) is 4.53. The molecule has 22 heavy (non-hydrogen) atoms. The largest absolute Gasteiger partial charge is 0.395 e. The molecule has 1 aromatic heterocycles. The van der Waals surface area contributed by atoms with Gasteiger partial charge in [0.15, 0.2) is 12.2 Å². The van der Waals surface area contributed by atoms with E-state index in [9.17, 15) is 0 Å². The first-order chi connectivity index (χ1) is 10.7. The number of aliphatic hydroxyl groups is 1. The highest BCUT2D eigenvalue weighted by Crippen LogP contribution is 2.02. The van der Waals surface area contributed by atoms with Crippen molar-refractivity contribution in [1.29, 1.82) is 0 Å². The molecule has 1 aromatic rings. The van der Waals surface area contributed by atoms with Crippen molar-refractivity contribution in [1.82, 2.24) is 4.90 Å². The van der Waals surface area contributed by atoms with E-state index < -0.39 is 0 Å². The highest BCUT2D eigenvalue weighted by molar-refractivity contribution is 5.92. The van der Waals surface area contributed by atoms with Gasteiger partial charge < -0.3 is 10.0 Å². The topological polar surface area (TPSA) is 76.8 Å². The molecular formula is C15H23N6O+. The number of nitrogens with zero attached hydrogens (tertiary/aromatic N) is 6. The molecule has 7 nitrogen and oxygen atoms in total. The molecule has 0 atom stereocenters. The summed E-state index contributed by atoms with van der Waals surface area (Å²) in [5.74, 6) is 1.38. The number of allylic oxidation sites excluding steroid dienone is 1. The first-order valence-electron chi connectivity index (χ1n) is 7.12. The molecular weight excluding hydrogens is 280 g/mol. The van der Waals surface area contributed by atoms with E-state index >= 15 is 0 Å². The second-order valence-corrected chi connectivity index (χ2v) is 4.53. The van der Waals surface area contributed by atoms with E-state index in [1.165, 1.54) is 6.34 Å². The zero-order valence-electron chi connectivity index (χ0n) is 13.3. The van der Waals surface area contributed by atoms with Crippen molar-refractivity contribution in [3.05, 3.63) is 36.5 Å². The van der Waals surface area contributed by atoms with Crippen LogP contribution in [0.3, 0.4) is 0 Å². The lowest BCUT2D eigenvalue weighted by molar-refractivity contribution is -0.658. The number of azo groups is 1. The molecule has 0 fully saturated rings. The Labute approximate surface area is 131 Å². The highest BCUT2D eigenvalue weighted by atomic mass is 16.3. The molecule has 0 saturated carbocycles. The third kappa shape index (κ3) is 6.36. The first-order valence-corrected chi connectivity index (χ1v) is 7.12. The van der Waals surface area contributed by atoms with Crippen LogP contribution in [0.2, 0.25) is 0 Å². The molecule has 0 aliphatic heterocycles. The summed E-state index contributed by atoms with van der Waals surface area (Å²) in [5, 5.41) is 24.9. The van der Waals surface area contributed by atoms with Crippen molar-refractivity contribution in [2.45, 2.75) is 13.3 Å². The van der Waals surface area contributed by atoms with Gasteiger partial charge in [0.05, 0.1) is 25.0 Å². The smallest absolute Gasteiger partial charge is 0.350 e. The van der Waals surface area contributed by atoms with Gasteiger partial charge in [-0.15, -0.1) is 10.2 Å². The number of pyridine rings is 1. The van der Waals surface area contributed by atoms with Crippen LogP contribution < -0.4 is 4.57 Å². The molecule has 0 bridgehead atoms. The minimum Gasteiger partial charge on any atom is -0.395 e. The Morgan fingerprint density at radius 1 is 1.41 bits per heavy atom. The van der Waals surface area contributed by atoms with Gasteiger partial charge in [0.25, 0.3) is 0 Å². The summed E-state index contributed by atoms with van der Waals surface area (Å²) in [4.78, 5) is 1.82. The van der Waals surface area contributed by atoms with Gasteiger partial charge in [-0.25, -0.2) is 4.57 Å². The molecule has 7 heteroatoms. The van der Waals surface area contributed by atoms with Crippen molar-refractivity contribution in [3.63, 3.8) is 0 Å². The highest BCUT2D eigenvalue weighted by Gasteiger charge is 2.02. The van der Waals surface area contributed by atoms with Crippen molar-refractivity contribution in [3.8, 4) is 0 Å². The Bertz CT molecular complexity index is 565. The van der Waals surface area contributed by atoms with E-state index in [2.05, 4.69) is 20.4 Å². The molecule has 1 N–H and O–H groups in total. The number of amidine groups is 1. The molecule has 0 saturated heterocycles. The van der Waals surface area contributed by atoms with Gasteiger partial charge in [0.1, 0.15) is 0 Å². The lowest BCUT2D eigenvalue weighted by atomic mass is 10.3. The number of rotatable bonds is 7. The number of hydrogen-bond acceptors (Lipinski definition) is 4. The lowest BCUT2D eigenvalue weighted by Crippen LogP contribution is -2.27. The van der Waals surface area contributed by atoms with Crippen molar-refractivity contribution < 1.29 is 9.67 Å². The molecule has 0 aliphatic carbocycles. The van der Waals surface area contributed by atoms with E-state index in [0.717, 1.165) is 12.2 Å². The standard InChI is InChI=1S/C15H23N6O/c1-4-5-8-14(21(3)11-12-22)18-16-13-17-19-15-9-6-7-10-20(15)2/h5-10,13,22H,4,11-12H2,1-3H3/q+1/b8-5-. The van der Waals surface area contributed by atoms with Gasteiger partial charge in [-0.3, -0.25) is 0 Å². The predicted molar refractivity (Wildman–Crippen MR) is 87.2 cm³/mol. The number of aryl methyl sites for hydroxylation is 1. The molecule has 0 radical (unpaired) electrons. The summed E-state index contributed by atoms with van der Waals surface area (Å²) < 4.78 is 1.85. The molecule has 1 heterocycles. The van der Waals surface area contributed by atoms with Gasteiger partial charge in [-0.2, -0.15) is 0 Å². The fourth-order valence-electron chi connectivity index (χ4n) is 1.54. The summed E-state index contributed by atoms with van der Waals surface area (Å²) in [6, 6.07) is 5.66. The molecule has 0 aliphatic rings. The van der Waals surface area contributed by atoms with Crippen LogP contribution in [0.15, 0.2) is 57.0 Å². The Morgan fingerprint density at radius 2 is 2.23 bits per heavy atom. The summed E-state index contributed by atoms with van der Waals surface area (Å²) >= 11 is 0. The maximum absolute atomic E-state index is 8.98. The summed E-state index contributed by atoms with van der Waals surface area (Å²) in [5.41, 5.74) is 0. The van der Waals surface area contributed by atoms with E-state index in [-0.39, 0.29) is 6.61 Å². The number of aliphatic hydroxyl groups excluding tert-OH is 1. The van der Waals surface area contributed by atoms with Gasteiger partial charge in [0.2, 0.25) is 0 Å². The molecule has 0 aromatic carbocycles. The van der Waals surface area contributed by atoms with Crippen LogP contribution in [0.4, 0.5) is 5.82 Å². The van der Waals surface area contributed by atoms with Gasteiger partial charge in [-0.1, -0.05) is 19.1 Å². The van der Waals surface area contributed by atoms with Crippen LogP contribution in [0.25, 0.3) is 0 Å². The fourth-order valence-corrected chi connectivity index (χ4v) is 1.54. The molecule has 118 valence electrons. The van der Waals surface area contributed by atoms with E-state index in [1.54, 1.807) is 0 Å².